The van der Waals surface area contributed by atoms with Crippen molar-refractivity contribution in [3.63, 3.8) is 0 Å². The fourth-order valence-corrected chi connectivity index (χ4v) is 3.47. The van der Waals surface area contributed by atoms with Gasteiger partial charge >= 0.3 is 80.3 Å². The molecule has 13 heavy (non-hydrogen) atoms. The molecule has 0 saturated heterocycles. The molecule has 0 aliphatic rings. The van der Waals surface area contributed by atoms with E-state index in [4.69, 9.17) is 5.73 Å². The number of benzene rings is 1. The van der Waals surface area contributed by atoms with Crippen molar-refractivity contribution in [2.24, 2.45) is 0 Å². The molecule has 0 bridgehead atoms. The molecule has 3 N–H and O–H groups in total. The Balaban J connectivity index is 3.16. The molecule has 1 aromatic carbocycles. The third-order valence-corrected chi connectivity index (χ3v) is 6.95. The Bertz CT molecular complexity index is 371. The Morgan fingerprint density at radius 2 is 1.85 bits per heavy atom. The first-order valence-corrected chi connectivity index (χ1v) is 8.38. The van der Waals surface area contributed by atoms with Crippen LogP contribution in [0.2, 0.25) is 0 Å². The predicted octanol–water partition coefficient (Wildman–Crippen LogP) is -0.531. The van der Waals surface area contributed by atoms with Gasteiger partial charge in [-0.1, -0.05) is 0 Å². The van der Waals surface area contributed by atoms with Gasteiger partial charge in [-0.15, -0.1) is 0 Å². The van der Waals surface area contributed by atoms with Crippen LogP contribution in [0.15, 0.2) is 24.3 Å². The number of carbonyl (C=O) groups is 1. The Morgan fingerprint density at radius 1 is 1.38 bits per heavy atom. The van der Waals surface area contributed by atoms with E-state index in [1.807, 2.05) is 0 Å². The number of carbonyl (C=O) groups excluding carboxylic acids is 1. The number of rotatable bonds is 2. The number of hydrogen-bond acceptors (Lipinski definition) is 3. The van der Waals surface area contributed by atoms with Gasteiger partial charge in [-0.2, -0.15) is 0 Å². The maximum atomic E-state index is 11.5. The summed E-state index contributed by atoms with van der Waals surface area (Å²) in [5, 5.41) is 0. The van der Waals surface area contributed by atoms with E-state index in [0.29, 0.717) is 5.69 Å². The second-order valence-corrected chi connectivity index (χ2v) is 9.25. The van der Waals surface area contributed by atoms with Crippen LogP contribution in [0.25, 0.3) is 0 Å². The number of nitrogen functional groups attached to an aromatic ring is 1. The van der Waals surface area contributed by atoms with Crippen LogP contribution in [0.4, 0.5) is 5.69 Å². The topological polar surface area (TPSA) is 80.4 Å². The van der Waals surface area contributed by atoms with Gasteiger partial charge in [-0.3, -0.25) is 0 Å². The van der Waals surface area contributed by atoms with Gasteiger partial charge in [0.2, 0.25) is 0 Å². The predicted molar refractivity (Wildman–Crippen MR) is 49.8 cm³/mol. The standard InChI is InChI=1S/C6H6N.C2H3O.H2O.O.Sb/c7-6-4-2-1-3-5-6;1-2-3;;;/h2-5H,7H2;1H3;1H2;;/q;;;;+1/p-1. The molecule has 0 fully saturated rings. The fourth-order valence-electron chi connectivity index (χ4n) is 0.858. The van der Waals surface area contributed by atoms with Crippen molar-refractivity contribution < 1.29 is 11.2 Å². The third-order valence-electron chi connectivity index (χ3n) is 1.67. The molecule has 4 nitrogen and oxygen atoms in total. The van der Waals surface area contributed by atoms with Crippen molar-refractivity contribution in [1.29, 1.82) is 0 Å². The van der Waals surface area contributed by atoms with E-state index in [1.54, 1.807) is 0 Å². The van der Waals surface area contributed by atoms with E-state index >= 15 is 0 Å². The zero-order chi connectivity index (χ0) is 10.1. The average Bonchev–Trinajstić information content (AvgIpc) is 2.04. The van der Waals surface area contributed by atoms with Crippen LogP contribution in [0.1, 0.15) is 6.92 Å². The van der Waals surface area contributed by atoms with E-state index < -0.39 is 22.9 Å². The molecule has 1 aromatic rings. The zero-order valence-corrected chi connectivity index (χ0v) is 9.65. The minimum absolute atomic E-state index is 0.209. The van der Waals surface area contributed by atoms with E-state index in [0.717, 1.165) is 6.92 Å². The Labute approximate surface area is 80.3 Å². The number of hydrogen-bond donors (Lipinski definition) is 2. The summed E-state index contributed by atoms with van der Waals surface area (Å²) < 4.78 is 20.5. The molecule has 70 valence electrons. The number of nitrogens with two attached hydrogens (primary N) is 1. The molecule has 1 unspecified atom stereocenters. The van der Waals surface area contributed by atoms with Gasteiger partial charge in [-0.05, 0) is 0 Å². The normalized spacial score (nSPS) is 14.9. The van der Waals surface area contributed by atoms with Crippen molar-refractivity contribution >= 4 is 32.1 Å². The molecular weight excluding hydrogens is 280 g/mol. The van der Waals surface area contributed by atoms with Gasteiger partial charge in [0.05, 0.1) is 0 Å². The van der Waals surface area contributed by atoms with Crippen molar-refractivity contribution in [1.82, 2.24) is 0 Å². The molecule has 0 spiro atoms. The van der Waals surface area contributed by atoms with Gasteiger partial charge in [0, 0.05) is 0 Å². The fraction of sp³-hybridized carbons (Fsp3) is 0.125. The molecule has 0 amide bonds. The Hall–Kier alpha value is -0.732. The van der Waals surface area contributed by atoms with Gasteiger partial charge in [0.25, 0.3) is 0 Å². The summed E-state index contributed by atoms with van der Waals surface area (Å²) in [6, 6.07) is 5.87. The van der Waals surface area contributed by atoms with E-state index in [-0.39, 0.29) is 3.51 Å². The molecular formula is C8H10NO3Sb. The molecule has 1 atom stereocenters. The first kappa shape index (κ1) is 10.3. The van der Waals surface area contributed by atoms with Gasteiger partial charge < -0.3 is 0 Å². The van der Waals surface area contributed by atoms with Crippen LogP contribution < -0.4 is 9.24 Å². The second kappa shape index (κ2) is 3.56. The molecule has 0 aromatic heterocycles. The van der Waals surface area contributed by atoms with Crippen LogP contribution >= 0.6 is 0 Å². The van der Waals surface area contributed by atoms with Gasteiger partial charge in [0.15, 0.2) is 0 Å². The Kier molecular flexibility index (Phi) is 2.83. The van der Waals surface area contributed by atoms with Crippen molar-refractivity contribution in [3.8, 4) is 0 Å². The van der Waals surface area contributed by atoms with Crippen LogP contribution in [-0.2, 0) is 7.81 Å². The van der Waals surface area contributed by atoms with Crippen LogP contribution in [0, 0.1) is 0 Å². The molecule has 0 aliphatic carbocycles. The van der Waals surface area contributed by atoms with Crippen LogP contribution in [0.3, 0.4) is 0 Å². The van der Waals surface area contributed by atoms with E-state index in [9.17, 15) is 11.2 Å². The Morgan fingerprint density at radius 3 is 2.23 bits per heavy atom. The molecule has 5 heteroatoms. The third kappa shape index (κ3) is 2.14. The second-order valence-electron chi connectivity index (χ2n) is 2.69. The summed E-state index contributed by atoms with van der Waals surface area (Å²) in [4.78, 5) is 10.8. The van der Waals surface area contributed by atoms with Crippen molar-refractivity contribution in [3.05, 3.63) is 24.3 Å². The van der Waals surface area contributed by atoms with Crippen LogP contribution in [-0.4, -0.2) is 26.3 Å². The summed E-state index contributed by atoms with van der Waals surface area (Å²) in [6.45, 7) is 1.13. The maximum absolute atomic E-state index is 11.5. The molecule has 0 aliphatic heterocycles. The molecule has 0 radical (unpaired) electrons. The van der Waals surface area contributed by atoms with Gasteiger partial charge in [-0.25, -0.2) is 0 Å². The SMILES string of the molecule is C[C](=O)[Sb](=[O])([OH])[c]1ccc(N)cc1. The summed E-state index contributed by atoms with van der Waals surface area (Å²) in [6.07, 6.45) is 0. The summed E-state index contributed by atoms with van der Waals surface area (Å²) >= 11 is -4.77. The first-order valence-electron chi connectivity index (χ1n) is 3.64. The molecule has 0 saturated carbocycles. The molecule has 1 rings (SSSR count). The first-order chi connectivity index (χ1) is 5.94. The minimum atomic E-state index is -4.77. The van der Waals surface area contributed by atoms with Crippen LogP contribution in [0.5, 0.6) is 0 Å². The summed E-state index contributed by atoms with van der Waals surface area (Å²) in [5.74, 6) is 0. The zero-order valence-electron chi connectivity index (χ0n) is 7.10. The van der Waals surface area contributed by atoms with Gasteiger partial charge in [0.1, 0.15) is 0 Å². The summed E-state index contributed by atoms with van der Waals surface area (Å²) in [5.41, 5.74) is 5.91. The van der Waals surface area contributed by atoms with E-state index in [2.05, 4.69) is 0 Å². The monoisotopic (exact) mass is 289 g/mol. The summed E-state index contributed by atoms with van der Waals surface area (Å²) in [7, 11) is 0. The van der Waals surface area contributed by atoms with Crippen molar-refractivity contribution in [2.75, 3.05) is 5.73 Å². The molecule has 0 heterocycles. The quantitative estimate of drug-likeness (QED) is 0.567. The van der Waals surface area contributed by atoms with E-state index in [1.165, 1.54) is 24.3 Å². The average molecular weight is 290 g/mol. The van der Waals surface area contributed by atoms with Crippen molar-refractivity contribution in [2.45, 2.75) is 6.92 Å². The number of anilines is 1.